The Kier molecular flexibility index (Phi) is 6.03. The Balaban J connectivity index is 1.51. The molecule has 4 rings (SSSR count). The summed E-state index contributed by atoms with van der Waals surface area (Å²) in [6, 6.07) is 15.8. The summed E-state index contributed by atoms with van der Waals surface area (Å²) in [4.78, 5) is 29.1. The fourth-order valence-corrected chi connectivity index (χ4v) is 4.41. The predicted octanol–water partition coefficient (Wildman–Crippen LogP) is 3.44. The number of ether oxygens (including phenoxy) is 2. The molecule has 33 heavy (non-hydrogen) atoms. The number of phenols is 1. The van der Waals surface area contributed by atoms with Crippen LogP contribution in [-0.4, -0.2) is 37.9 Å². The molecule has 1 aliphatic rings. The number of amidine groups is 1. The van der Waals surface area contributed by atoms with Crippen LogP contribution in [0.2, 0.25) is 5.02 Å². The summed E-state index contributed by atoms with van der Waals surface area (Å²) in [6.45, 7) is -0.484. The second kappa shape index (κ2) is 8.93. The van der Waals surface area contributed by atoms with Crippen molar-refractivity contribution in [2.24, 2.45) is 4.99 Å². The van der Waals surface area contributed by atoms with Crippen molar-refractivity contribution in [3.05, 3.63) is 82.9 Å². The van der Waals surface area contributed by atoms with Gasteiger partial charge in [0.25, 0.3) is 10.0 Å². The first-order valence-electron chi connectivity index (χ1n) is 9.41. The molecule has 1 aliphatic heterocycles. The highest BCUT2D eigenvalue weighted by atomic mass is 35.5. The van der Waals surface area contributed by atoms with Crippen LogP contribution in [0, 0.1) is 0 Å². The van der Waals surface area contributed by atoms with E-state index in [4.69, 9.17) is 21.1 Å². The second-order valence-electron chi connectivity index (χ2n) is 6.76. The van der Waals surface area contributed by atoms with E-state index in [0.29, 0.717) is 0 Å². The van der Waals surface area contributed by atoms with E-state index in [1.54, 1.807) is 18.2 Å². The van der Waals surface area contributed by atoms with Crippen LogP contribution in [0.1, 0.15) is 20.7 Å². The van der Waals surface area contributed by atoms with Crippen LogP contribution in [0.3, 0.4) is 0 Å². The van der Waals surface area contributed by atoms with Crippen LogP contribution in [0.5, 0.6) is 11.5 Å². The first-order valence-corrected chi connectivity index (χ1v) is 11.3. The maximum absolute atomic E-state index is 12.6. The number of carbonyl (C=O) groups is 2. The van der Waals surface area contributed by atoms with Crippen molar-refractivity contribution in [1.82, 2.24) is 4.72 Å². The number of nitrogens with zero attached hydrogens (tertiary/aromatic N) is 1. The summed E-state index contributed by atoms with van der Waals surface area (Å²) in [5.41, 5.74) is -0.000626. The molecule has 1 heterocycles. The molecule has 2 N–H and O–H groups in total. The van der Waals surface area contributed by atoms with E-state index in [1.165, 1.54) is 48.5 Å². The Hall–Kier alpha value is -3.89. The first kappa shape index (κ1) is 22.3. The van der Waals surface area contributed by atoms with Crippen LogP contribution < -0.4 is 9.46 Å². The minimum Gasteiger partial charge on any atom is -0.507 e. The predicted molar refractivity (Wildman–Crippen MR) is 119 cm³/mol. The number of aromatic hydroxyl groups is 1. The molecule has 168 valence electrons. The molecule has 0 radical (unpaired) electrons. The molecule has 3 aromatic rings. The van der Waals surface area contributed by atoms with Gasteiger partial charge in [0.2, 0.25) is 0 Å². The number of halogens is 1. The van der Waals surface area contributed by atoms with Crippen molar-refractivity contribution < 1.29 is 32.6 Å². The average molecular weight is 487 g/mol. The van der Waals surface area contributed by atoms with Gasteiger partial charge in [-0.05, 0) is 42.5 Å². The van der Waals surface area contributed by atoms with Crippen molar-refractivity contribution in [1.29, 1.82) is 0 Å². The molecule has 11 heteroatoms. The number of hydrogen-bond donors (Lipinski definition) is 2. The van der Waals surface area contributed by atoms with Crippen molar-refractivity contribution in [2.75, 3.05) is 6.61 Å². The van der Waals surface area contributed by atoms with Crippen LogP contribution in [0.15, 0.2) is 76.6 Å². The van der Waals surface area contributed by atoms with E-state index in [-0.39, 0.29) is 44.1 Å². The zero-order chi connectivity index (χ0) is 23.6. The summed E-state index contributed by atoms with van der Waals surface area (Å²) in [5, 5.41) is 10.1. The van der Waals surface area contributed by atoms with Crippen LogP contribution in [0.25, 0.3) is 0 Å². The van der Waals surface area contributed by atoms with E-state index in [0.717, 1.165) is 0 Å². The molecular weight excluding hydrogens is 472 g/mol. The van der Waals surface area contributed by atoms with E-state index < -0.39 is 28.6 Å². The third-order valence-electron chi connectivity index (χ3n) is 4.49. The van der Waals surface area contributed by atoms with Crippen LogP contribution >= 0.6 is 11.6 Å². The van der Waals surface area contributed by atoms with Gasteiger partial charge in [-0.2, -0.15) is 0 Å². The van der Waals surface area contributed by atoms with E-state index in [2.05, 4.69) is 9.71 Å². The summed E-state index contributed by atoms with van der Waals surface area (Å²) in [7, 11) is -3.93. The van der Waals surface area contributed by atoms with Gasteiger partial charge in [-0.25, -0.2) is 23.0 Å². The lowest BCUT2D eigenvalue weighted by atomic mass is 10.2. The number of phenolic OH excluding ortho intramolecular Hbond substituents is 1. The molecule has 0 unspecified atom stereocenters. The molecule has 0 saturated carbocycles. The summed E-state index contributed by atoms with van der Waals surface area (Å²) in [6.07, 6.45) is 0. The second-order valence-corrected chi connectivity index (χ2v) is 8.84. The van der Waals surface area contributed by atoms with Crippen molar-refractivity contribution in [3.63, 3.8) is 0 Å². The largest absolute Gasteiger partial charge is 0.507 e. The molecule has 3 aromatic carbocycles. The number of fused-ring (bicyclic) bond motifs is 1. The standard InChI is InChI=1S/C22H15ClN2O7S/c23-13-9-10-16-19(11-13)33(29,30)25-20(24-16)12-31-21(27)15-6-2-4-8-18(15)32-22(28)14-5-1-3-7-17(14)26/h1-11,26H,12H2,(H,24,25). The molecule has 0 aliphatic carbocycles. The summed E-state index contributed by atoms with van der Waals surface area (Å²) in [5.74, 6) is -2.22. The zero-order valence-electron chi connectivity index (χ0n) is 16.7. The van der Waals surface area contributed by atoms with Crippen molar-refractivity contribution in [3.8, 4) is 11.5 Å². The van der Waals surface area contributed by atoms with Gasteiger partial charge in [0.05, 0.1) is 5.69 Å². The molecule has 0 saturated heterocycles. The average Bonchev–Trinajstić information content (AvgIpc) is 2.78. The SMILES string of the molecule is O=C(Oc1ccccc1C(=O)OCC1=Nc2ccc(Cl)cc2S(=O)(=O)N1)c1ccccc1O. The number of benzene rings is 3. The minimum absolute atomic E-state index is 0.0762. The molecule has 0 bridgehead atoms. The van der Waals surface area contributed by atoms with Gasteiger partial charge in [0.15, 0.2) is 5.84 Å². The number of para-hydroxylation sites is 2. The van der Waals surface area contributed by atoms with Gasteiger partial charge in [0.1, 0.15) is 34.1 Å². The highest BCUT2D eigenvalue weighted by molar-refractivity contribution is 7.90. The third kappa shape index (κ3) is 4.81. The molecular formula is C22H15ClN2O7S. The summed E-state index contributed by atoms with van der Waals surface area (Å²) >= 11 is 5.85. The number of carbonyl (C=O) groups excluding carboxylic acids is 2. The van der Waals surface area contributed by atoms with Gasteiger partial charge in [0, 0.05) is 5.02 Å². The smallest absolute Gasteiger partial charge is 0.347 e. The Labute approximate surface area is 193 Å². The lowest BCUT2D eigenvalue weighted by Gasteiger charge is -2.18. The number of sulfonamides is 1. The third-order valence-corrected chi connectivity index (χ3v) is 6.14. The lowest BCUT2D eigenvalue weighted by Crippen LogP contribution is -2.36. The van der Waals surface area contributed by atoms with Crippen LogP contribution in [0.4, 0.5) is 5.69 Å². The molecule has 0 spiro atoms. The molecule has 0 atom stereocenters. The maximum Gasteiger partial charge on any atom is 0.347 e. The number of nitrogens with one attached hydrogen (secondary N) is 1. The van der Waals surface area contributed by atoms with E-state index in [1.807, 2.05) is 0 Å². The fraction of sp³-hybridized carbons (Fsp3) is 0.0455. The molecule has 0 amide bonds. The van der Waals surface area contributed by atoms with Crippen LogP contribution in [-0.2, 0) is 14.8 Å². The monoisotopic (exact) mass is 486 g/mol. The van der Waals surface area contributed by atoms with Gasteiger partial charge < -0.3 is 14.6 Å². The Morgan fingerprint density at radius 1 is 0.970 bits per heavy atom. The van der Waals surface area contributed by atoms with E-state index in [9.17, 15) is 23.1 Å². The zero-order valence-corrected chi connectivity index (χ0v) is 18.3. The molecule has 0 aromatic heterocycles. The highest BCUT2D eigenvalue weighted by Crippen LogP contribution is 2.30. The van der Waals surface area contributed by atoms with Gasteiger partial charge in [-0.15, -0.1) is 0 Å². The highest BCUT2D eigenvalue weighted by Gasteiger charge is 2.27. The van der Waals surface area contributed by atoms with E-state index >= 15 is 0 Å². The van der Waals surface area contributed by atoms with Gasteiger partial charge in [-0.3, -0.25) is 4.72 Å². The summed E-state index contributed by atoms with van der Waals surface area (Å²) < 4.78 is 37.5. The fourth-order valence-electron chi connectivity index (χ4n) is 2.97. The lowest BCUT2D eigenvalue weighted by molar-refractivity contribution is 0.0555. The Morgan fingerprint density at radius 2 is 1.67 bits per heavy atom. The quantitative estimate of drug-likeness (QED) is 0.417. The normalized spacial score (nSPS) is 13.8. The van der Waals surface area contributed by atoms with Gasteiger partial charge >= 0.3 is 11.9 Å². The number of esters is 2. The Bertz CT molecular complexity index is 1400. The maximum atomic E-state index is 12.6. The van der Waals surface area contributed by atoms with Gasteiger partial charge in [-0.1, -0.05) is 35.9 Å². The first-order chi connectivity index (χ1) is 15.7. The minimum atomic E-state index is -3.93. The molecule has 9 nitrogen and oxygen atoms in total. The number of hydrogen-bond acceptors (Lipinski definition) is 8. The Morgan fingerprint density at radius 3 is 2.42 bits per heavy atom. The number of aliphatic imine (C=N–C) groups is 1. The van der Waals surface area contributed by atoms with Crippen molar-refractivity contribution >= 4 is 45.1 Å². The van der Waals surface area contributed by atoms with Crippen molar-refractivity contribution in [2.45, 2.75) is 4.90 Å². The topological polar surface area (TPSA) is 131 Å². The molecule has 0 fully saturated rings. The number of rotatable bonds is 5.